The third-order valence-electron chi connectivity index (χ3n) is 1.20. The predicted octanol–water partition coefficient (Wildman–Crippen LogP) is 1.58. The van der Waals surface area contributed by atoms with Crippen molar-refractivity contribution in [2.24, 2.45) is 0 Å². The lowest BCUT2D eigenvalue weighted by Gasteiger charge is -1.93. The molecule has 0 spiro atoms. The standard InChI is InChI=1S/C7H8O2.C2H6O/c1-6(5-8)7-3-2-4-9-7;1-2-3/h2-6H,1H3;3H,2H2,1H3. The molecule has 68 valence electrons. The number of carbonyl (C=O) groups excluding carboxylic acids is 1. The quantitative estimate of drug-likeness (QED) is 0.685. The van der Waals surface area contributed by atoms with E-state index in [4.69, 9.17) is 9.52 Å². The molecule has 1 heterocycles. The van der Waals surface area contributed by atoms with E-state index in [2.05, 4.69) is 0 Å². The molecule has 0 aliphatic carbocycles. The molecule has 3 heteroatoms. The van der Waals surface area contributed by atoms with Crippen molar-refractivity contribution in [3.63, 3.8) is 0 Å². The van der Waals surface area contributed by atoms with Gasteiger partial charge in [-0.2, -0.15) is 0 Å². The van der Waals surface area contributed by atoms with Crippen LogP contribution in [0, 0.1) is 0 Å². The largest absolute Gasteiger partial charge is 0.469 e. The van der Waals surface area contributed by atoms with Gasteiger partial charge >= 0.3 is 0 Å². The number of rotatable bonds is 2. The molecular weight excluding hydrogens is 156 g/mol. The van der Waals surface area contributed by atoms with Crippen LogP contribution >= 0.6 is 0 Å². The van der Waals surface area contributed by atoms with Gasteiger partial charge in [-0.15, -0.1) is 0 Å². The SMILES string of the molecule is CC(C=O)c1ccco1.CCO. The normalized spacial score (nSPS) is 11.2. The van der Waals surface area contributed by atoms with Crippen molar-refractivity contribution in [2.45, 2.75) is 19.8 Å². The first-order valence-corrected chi connectivity index (χ1v) is 3.85. The zero-order valence-corrected chi connectivity index (χ0v) is 7.36. The Balaban J connectivity index is 0.000000354. The van der Waals surface area contributed by atoms with Gasteiger partial charge in [0, 0.05) is 6.61 Å². The molecule has 1 rings (SSSR count). The van der Waals surface area contributed by atoms with Crippen molar-refractivity contribution in [3.05, 3.63) is 24.2 Å². The summed E-state index contributed by atoms with van der Waals surface area (Å²) in [6, 6.07) is 3.56. The maximum absolute atomic E-state index is 10.1. The molecule has 12 heavy (non-hydrogen) atoms. The molecule has 0 aliphatic heterocycles. The van der Waals surface area contributed by atoms with Crippen LogP contribution in [-0.2, 0) is 4.79 Å². The molecule has 1 atom stereocenters. The van der Waals surface area contributed by atoms with Crippen molar-refractivity contribution >= 4 is 6.29 Å². The van der Waals surface area contributed by atoms with E-state index in [1.807, 2.05) is 0 Å². The summed E-state index contributed by atoms with van der Waals surface area (Å²) in [7, 11) is 0. The summed E-state index contributed by atoms with van der Waals surface area (Å²) in [5.41, 5.74) is 0. The smallest absolute Gasteiger partial charge is 0.130 e. The van der Waals surface area contributed by atoms with E-state index in [-0.39, 0.29) is 12.5 Å². The number of aliphatic hydroxyl groups excluding tert-OH is 1. The Morgan fingerprint density at radius 3 is 2.67 bits per heavy atom. The van der Waals surface area contributed by atoms with Crippen LogP contribution < -0.4 is 0 Å². The third-order valence-corrected chi connectivity index (χ3v) is 1.20. The molecule has 0 amide bonds. The molecule has 1 aromatic rings. The zero-order valence-electron chi connectivity index (χ0n) is 7.36. The van der Waals surface area contributed by atoms with Gasteiger partial charge in [-0.05, 0) is 26.0 Å². The van der Waals surface area contributed by atoms with Crippen LogP contribution in [0.25, 0.3) is 0 Å². The van der Waals surface area contributed by atoms with E-state index in [9.17, 15) is 4.79 Å². The van der Waals surface area contributed by atoms with E-state index in [1.165, 1.54) is 0 Å². The Hall–Kier alpha value is -1.09. The summed E-state index contributed by atoms with van der Waals surface area (Å²) >= 11 is 0. The first-order valence-electron chi connectivity index (χ1n) is 3.85. The third kappa shape index (κ3) is 3.93. The maximum Gasteiger partial charge on any atom is 0.130 e. The second-order valence-corrected chi connectivity index (χ2v) is 2.26. The van der Waals surface area contributed by atoms with Gasteiger partial charge in [-0.25, -0.2) is 0 Å². The Morgan fingerprint density at radius 2 is 2.33 bits per heavy atom. The second-order valence-electron chi connectivity index (χ2n) is 2.26. The fourth-order valence-electron chi connectivity index (χ4n) is 0.617. The van der Waals surface area contributed by atoms with Gasteiger partial charge in [-0.1, -0.05) is 0 Å². The molecule has 0 saturated carbocycles. The summed E-state index contributed by atoms with van der Waals surface area (Å²) in [6.07, 6.45) is 2.42. The average molecular weight is 170 g/mol. The highest BCUT2D eigenvalue weighted by Gasteiger charge is 2.03. The first-order chi connectivity index (χ1) is 5.76. The van der Waals surface area contributed by atoms with E-state index in [0.29, 0.717) is 0 Å². The highest BCUT2D eigenvalue weighted by molar-refractivity contribution is 5.59. The average Bonchev–Trinajstić information content (AvgIpc) is 2.56. The van der Waals surface area contributed by atoms with Crippen molar-refractivity contribution < 1.29 is 14.3 Å². The highest BCUT2D eigenvalue weighted by Crippen LogP contribution is 2.11. The first kappa shape index (κ1) is 10.9. The predicted molar refractivity (Wildman–Crippen MR) is 45.9 cm³/mol. The minimum Gasteiger partial charge on any atom is -0.469 e. The van der Waals surface area contributed by atoms with E-state index >= 15 is 0 Å². The lowest BCUT2D eigenvalue weighted by atomic mass is 10.1. The topological polar surface area (TPSA) is 50.4 Å². The molecule has 0 bridgehead atoms. The maximum atomic E-state index is 10.1. The summed E-state index contributed by atoms with van der Waals surface area (Å²) in [6.45, 7) is 3.73. The van der Waals surface area contributed by atoms with E-state index < -0.39 is 0 Å². The summed E-state index contributed by atoms with van der Waals surface area (Å²) in [5.74, 6) is 0.616. The van der Waals surface area contributed by atoms with Crippen LogP contribution in [0.15, 0.2) is 22.8 Å². The summed E-state index contributed by atoms with van der Waals surface area (Å²) in [5, 5.41) is 7.57. The second kappa shape index (κ2) is 6.61. The lowest BCUT2D eigenvalue weighted by Crippen LogP contribution is -1.89. The molecule has 0 aromatic carbocycles. The molecular formula is C9H14O3. The Kier molecular flexibility index (Phi) is 6.01. The minimum atomic E-state index is -0.111. The van der Waals surface area contributed by atoms with Crippen LogP contribution in [0.4, 0.5) is 0 Å². The molecule has 1 aromatic heterocycles. The van der Waals surface area contributed by atoms with Gasteiger partial charge in [0.05, 0.1) is 12.2 Å². The van der Waals surface area contributed by atoms with Gasteiger partial charge < -0.3 is 14.3 Å². The van der Waals surface area contributed by atoms with Crippen molar-refractivity contribution in [1.29, 1.82) is 0 Å². The summed E-state index contributed by atoms with van der Waals surface area (Å²) < 4.78 is 4.95. The van der Waals surface area contributed by atoms with Gasteiger partial charge in [-0.3, -0.25) is 0 Å². The van der Waals surface area contributed by atoms with Gasteiger partial charge in [0.2, 0.25) is 0 Å². The number of aldehydes is 1. The van der Waals surface area contributed by atoms with Crippen molar-refractivity contribution in [2.75, 3.05) is 6.61 Å². The van der Waals surface area contributed by atoms with E-state index in [1.54, 1.807) is 32.2 Å². The molecule has 0 radical (unpaired) electrons. The summed E-state index contributed by atoms with van der Waals surface area (Å²) in [4.78, 5) is 10.1. The van der Waals surface area contributed by atoms with Crippen molar-refractivity contribution in [1.82, 2.24) is 0 Å². The Labute approximate surface area is 72.0 Å². The molecule has 0 aliphatic rings. The van der Waals surface area contributed by atoms with Gasteiger partial charge in [0.1, 0.15) is 12.0 Å². The van der Waals surface area contributed by atoms with Crippen LogP contribution in [0.1, 0.15) is 25.5 Å². The number of aliphatic hydroxyl groups is 1. The van der Waals surface area contributed by atoms with E-state index in [0.717, 1.165) is 12.0 Å². The van der Waals surface area contributed by atoms with Gasteiger partial charge in [0.25, 0.3) is 0 Å². The minimum absolute atomic E-state index is 0.111. The molecule has 1 unspecified atom stereocenters. The van der Waals surface area contributed by atoms with Crippen molar-refractivity contribution in [3.8, 4) is 0 Å². The highest BCUT2D eigenvalue weighted by atomic mass is 16.3. The zero-order chi connectivity index (χ0) is 9.40. The van der Waals surface area contributed by atoms with Crippen LogP contribution in [0.2, 0.25) is 0 Å². The number of carbonyl (C=O) groups is 1. The fourth-order valence-corrected chi connectivity index (χ4v) is 0.617. The van der Waals surface area contributed by atoms with Crippen LogP contribution in [0.3, 0.4) is 0 Å². The van der Waals surface area contributed by atoms with Crippen LogP contribution in [0.5, 0.6) is 0 Å². The molecule has 3 nitrogen and oxygen atoms in total. The fraction of sp³-hybridized carbons (Fsp3) is 0.444. The molecule has 0 saturated heterocycles. The molecule has 1 N–H and O–H groups in total. The number of hydrogen-bond acceptors (Lipinski definition) is 3. The Bertz CT molecular complexity index is 192. The number of furan rings is 1. The molecule has 0 fully saturated rings. The monoisotopic (exact) mass is 170 g/mol. The number of hydrogen-bond donors (Lipinski definition) is 1. The lowest BCUT2D eigenvalue weighted by molar-refractivity contribution is -0.109. The van der Waals surface area contributed by atoms with Gasteiger partial charge in [0.15, 0.2) is 0 Å². The Morgan fingerprint density at radius 1 is 1.75 bits per heavy atom. The van der Waals surface area contributed by atoms with Crippen LogP contribution in [-0.4, -0.2) is 18.0 Å².